The third-order valence-electron chi connectivity index (χ3n) is 3.86. The number of nitrogens with one attached hydrogen (secondary N) is 1. The van der Waals surface area contributed by atoms with Crippen LogP contribution in [0.1, 0.15) is 22.5 Å². The van der Waals surface area contributed by atoms with E-state index >= 15 is 0 Å². The predicted octanol–water partition coefficient (Wildman–Crippen LogP) is 2.03. The standard InChI is InChI=1S/C16H19N3O2S/c1-12-10-14(13(2)19(12)3)8-9-18-22(20,21)16-7-5-4-6-15(16)11-17/h4-7,10,18H,8-9H2,1-3H3. The van der Waals surface area contributed by atoms with E-state index < -0.39 is 10.0 Å². The fourth-order valence-electron chi connectivity index (χ4n) is 2.38. The van der Waals surface area contributed by atoms with Crippen LogP contribution in [0.4, 0.5) is 0 Å². The highest BCUT2D eigenvalue weighted by Gasteiger charge is 2.17. The van der Waals surface area contributed by atoms with E-state index in [9.17, 15) is 8.42 Å². The van der Waals surface area contributed by atoms with E-state index in [1.165, 1.54) is 12.1 Å². The van der Waals surface area contributed by atoms with Gasteiger partial charge >= 0.3 is 0 Å². The molecule has 2 rings (SSSR count). The summed E-state index contributed by atoms with van der Waals surface area (Å²) in [6, 6.07) is 10.2. The summed E-state index contributed by atoms with van der Waals surface area (Å²) in [4.78, 5) is 0.0264. The molecule has 0 fully saturated rings. The van der Waals surface area contributed by atoms with Gasteiger partial charge in [-0.3, -0.25) is 0 Å². The number of aromatic nitrogens is 1. The zero-order valence-corrected chi connectivity index (χ0v) is 13.7. The SMILES string of the molecule is Cc1cc(CCNS(=O)(=O)c2ccccc2C#N)c(C)n1C. The van der Waals surface area contributed by atoms with Crippen molar-refractivity contribution in [3.8, 4) is 6.07 Å². The zero-order chi connectivity index (χ0) is 16.3. The molecule has 0 aliphatic heterocycles. The minimum atomic E-state index is -3.67. The molecule has 0 aliphatic rings. The molecule has 0 radical (unpaired) electrons. The fraction of sp³-hybridized carbons (Fsp3) is 0.312. The number of benzene rings is 1. The van der Waals surface area contributed by atoms with Crippen molar-refractivity contribution >= 4 is 10.0 Å². The molecule has 0 aliphatic carbocycles. The Balaban J connectivity index is 2.11. The van der Waals surface area contributed by atoms with Crippen LogP contribution in [0.15, 0.2) is 35.2 Å². The van der Waals surface area contributed by atoms with Gasteiger partial charge in [-0.05, 0) is 44.0 Å². The molecule has 6 heteroatoms. The van der Waals surface area contributed by atoms with Crippen molar-refractivity contribution in [1.29, 1.82) is 5.26 Å². The molecule has 1 heterocycles. The van der Waals surface area contributed by atoms with Crippen LogP contribution in [-0.4, -0.2) is 19.5 Å². The van der Waals surface area contributed by atoms with Crippen LogP contribution in [-0.2, 0) is 23.5 Å². The predicted molar refractivity (Wildman–Crippen MR) is 84.9 cm³/mol. The minimum Gasteiger partial charge on any atom is -0.352 e. The van der Waals surface area contributed by atoms with E-state index in [-0.39, 0.29) is 10.5 Å². The first kappa shape index (κ1) is 16.3. The zero-order valence-electron chi connectivity index (χ0n) is 12.9. The molecular weight excluding hydrogens is 298 g/mol. The third-order valence-corrected chi connectivity index (χ3v) is 5.38. The van der Waals surface area contributed by atoms with Crippen molar-refractivity contribution < 1.29 is 8.42 Å². The van der Waals surface area contributed by atoms with Gasteiger partial charge in [-0.25, -0.2) is 13.1 Å². The number of nitriles is 1. The number of aryl methyl sites for hydroxylation is 1. The second-order valence-electron chi connectivity index (χ2n) is 5.21. The average Bonchev–Trinajstić information content (AvgIpc) is 2.74. The van der Waals surface area contributed by atoms with Crippen molar-refractivity contribution in [2.75, 3.05) is 6.54 Å². The number of hydrogen-bond acceptors (Lipinski definition) is 3. The van der Waals surface area contributed by atoms with E-state index in [0.717, 1.165) is 17.0 Å². The summed E-state index contributed by atoms with van der Waals surface area (Å²) < 4.78 is 29.2. The van der Waals surface area contributed by atoms with Gasteiger partial charge in [0.1, 0.15) is 6.07 Å². The lowest BCUT2D eigenvalue weighted by Gasteiger charge is -2.08. The maximum atomic E-state index is 12.3. The fourth-order valence-corrected chi connectivity index (χ4v) is 3.56. The molecule has 22 heavy (non-hydrogen) atoms. The Labute approximate surface area is 131 Å². The summed E-state index contributed by atoms with van der Waals surface area (Å²) >= 11 is 0. The topological polar surface area (TPSA) is 74.9 Å². The summed E-state index contributed by atoms with van der Waals surface area (Å²) in [5.74, 6) is 0. The summed E-state index contributed by atoms with van der Waals surface area (Å²) in [6.45, 7) is 4.33. The van der Waals surface area contributed by atoms with Crippen LogP contribution < -0.4 is 4.72 Å². The van der Waals surface area contributed by atoms with E-state index in [1.807, 2.05) is 27.0 Å². The van der Waals surface area contributed by atoms with Crippen molar-refractivity contribution in [3.63, 3.8) is 0 Å². The Kier molecular flexibility index (Phi) is 4.69. The highest BCUT2D eigenvalue weighted by atomic mass is 32.2. The van der Waals surface area contributed by atoms with Crippen LogP contribution in [0, 0.1) is 25.2 Å². The van der Waals surface area contributed by atoms with Crippen LogP contribution in [0.2, 0.25) is 0 Å². The first-order valence-electron chi connectivity index (χ1n) is 6.97. The second-order valence-corrected chi connectivity index (χ2v) is 6.95. The summed E-state index contributed by atoms with van der Waals surface area (Å²) in [6.07, 6.45) is 0.613. The Morgan fingerprint density at radius 3 is 2.55 bits per heavy atom. The molecule has 5 nitrogen and oxygen atoms in total. The van der Waals surface area contributed by atoms with Gasteiger partial charge < -0.3 is 4.57 Å². The average molecular weight is 317 g/mol. The summed E-state index contributed by atoms with van der Waals surface area (Å²) in [7, 11) is -1.68. The highest BCUT2D eigenvalue weighted by molar-refractivity contribution is 7.89. The van der Waals surface area contributed by atoms with E-state index in [1.54, 1.807) is 12.1 Å². The minimum absolute atomic E-state index is 0.0264. The van der Waals surface area contributed by atoms with E-state index in [0.29, 0.717) is 13.0 Å². The molecule has 0 unspecified atom stereocenters. The van der Waals surface area contributed by atoms with E-state index in [2.05, 4.69) is 15.4 Å². The van der Waals surface area contributed by atoms with Gasteiger partial charge in [-0.2, -0.15) is 5.26 Å². The lowest BCUT2D eigenvalue weighted by Crippen LogP contribution is -2.26. The molecule has 1 aromatic heterocycles. The van der Waals surface area contributed by atoms with E-state index in [4.69, 9.17) is 5.26 Å². The van der Waals surface area contributed by atoms with Gasteiger partial charge in [0.05, 0.1) is 10.5 Å². The monoisotopic (exact) mass is 317 g/mol. The Hall–Kier alpha value is -2.10. The Morgan fingerprint density at radius 1 is 1.27 bits per heavy atom. The van der Waals surface area contributed by atoms with Gasteiger partial charge in [-0.1, -0.05) is 12.1 Å². The van der Waals surface area contributed by atoms with Crippen LogP contribution >= 0.6 is 0 Å². The van der Waals surface area contributed by atoms with Gasteiger partial charge in [0, 0.05) is 25.0 Å². The molecule has 0 amide bonds. The molecule has 0 atom stereocenters. The summed E-state index contributed by atoms with van der Waals surface area (Å²) in [5.41, 5.74) is 3.55. The molecular formula is C16H19N3O2S. The summed E-state index contributed by atoms with van der Waals surface area (Å²) in [5, 5.41) is 9.01. The Morgan fingerprint density at radius 2 is 1.95 bits per heavy atom. The van der Waals surface area contributed by atoms with Crippen LogP contribution in [0.25, 0.3) is 0 Å². The lowest BCUT2D eigenvalue weighted by molar-refractivity contribution is 0.581. The lowest BCUT2D eigenvalue weighted by atomic mass is 10.2. The first-order chi connectivity index (χ1) is 10.4. The molecule has 1 N–H and O–H groups in total. The van der Waals surface area contributed by atoms with Crippen molar-refractivity contribution in [3.05, 3.63) is 52.8 Å². The molecule has 0 saturated heterocycles. The Bertz CT molecular complexity index is 830. The molecule has 116 valence electrons. The number of hydrogen-bond donors (Lipinski definition) is 1. The van der Waals surface area contributed by atoms with Crippen molar-refractivity contribution in [2.24, 2.45) is 7.05 Å². The largest absolute Gasteiger partial charge is 0.352 e. The quantitative estimate of drug-likeness (QED) is 0.917. The maximum Gasteiger partial charge on any atom is 0.241 e. The third kappa shape index (κ3) is 3.21. The highest BCUT2D eigenvalue weighted by Crippen LogP contribution is 2.16. The molecule has 0 spiro atoms. The first-order valence-corrected chi connectivity index (χ1v) is 8.45. The maximum absolute atomic E-state index is 12.3. The van der Waals surface area contributed by atoms with Crippen molar-refractivity contribution in [2.45, 2.75) is 25.2 Å². The number of rotatable bonds is 5. The van der Waals surface area contributed by atoms with Crippen LogP contribution in [0.5, 0.6) is 0 Å². The normalized spacial score (nSPS) is 11.4. The molecule has 0 bridgehead atoms. The van der Waals surface area contributed by atoms with Gasteiger partial charge in [0.2, 0.25) is 10.0 Å². The smallest absolute Gasteiger partial charge is 0.241 e. The molecule has 1 aromatic carbocycles. The van der Waals surface area contributed by atoms with Gasteiger partial charge in [0.25, 0.3) is 0 Å². The molecule has 2 aromatic rings. The second kappa shape index (κ2) is 6.34. The van der Waals surface area contributed by atoms with Gasteiger partial charge in [0.15, 0.2) is 0 Å². The van der Waals surface area contributed by atoms with Crippen LogP contribution in [0.3, 0.4) is 0 Å². The molecule has 0 saturated carbocycles. The number of nitrogens with zero attached hydrogens (tertiary/aromatic N) is 2. The number of sulfonamides is 1. The van der Waals surface area contributed by atoms with Crippen molar-refractivity contribution in [1.82, 2.24) is 9.29 Å². The van der Waals surface area contributed by atoms with Gasteiger partial charge in [-0.15, -0.1) is 0 Å².